The molecule has 0 aromatic heterocycles. The standard InChI is InChI=1S/C10H13BrFNO2/c11-7-1-2-8(9(12)5-7)10(6-15)13-3-4-14/h1-2,5,10,13-15H,3-4,6H2/t10-/m1/s1. The van der Waals surface area contributed by atoms with Crippen LogP contribution in [0.15, 0.2) is 22.7 Å². The van der Waals surface area contributed by atoms with Gasteiger partial charge in [-0.05, 0) is 12.1 Å². The molecular weight excluding hydrogens is 265 g/mol. The molecule has 0 saturated heterocycles. The monoisotopic (exact) mass is 277 g/mol. The molecule has 0 amide bonds. The van der Waals surface area contributed by atoms with Crippen LogP contribution in [0.1, 0.15) is 11.6 Å². The number of rotatable bonds is 5. The van der Waals surface area contributed by atoms with Gasteiger partial charge in [0.05, 0.1) is 19.3 Å². The molecule has 0 heterocycles. The Labute approximate surface area is 96.1 Å². The average Bonchev–Trinajstić information content (AvgIpc) is 2.21. The van der Waals surface area contributed by atoms with Crippen molar-refractivity contribution in [1.29, 1.82) is 0 Å². The van der Waals surface area contributed by atoms with E-state index in [0.717, 1.165) is 0 Å². The molecule has 0 bridgehead atoms. The van der Waals surface area contributed by atoms with Crippen LogP contribution in [-0.4, -0.2) is 30.0 Å². The van der Waals surface area contributed by atoms with E-state index < -0.39 is 6.04 Å². The van der Waals surface area contributed by atoms with Gasteiger partial charge in [-0.2, -0.15) is 0 Å². The Morgan fingerprint density at radius 2 is 2.13 bits per heavy atom. The Balaban J connectivity index is 2.81. The van der Waals surface area contributed by atoms with Crippen molar-refractivity contribution in [3.05, 3.63) is 34.1 Å². The number of halogens is 2. The summed E-state index contributed by atoms with van der Waals surface area (Å²) >= 11 is 3.16. The molecule has 1 rings (SSSR count). The zero-order valence-corrected chi connectivity index (χ0v) is 9.67. The topological polar surface area (TPSA) is 52.5 Å². The van der Waals surface area contributed by atoms with E-state index >= 15 is 0 Å². The van der Waals surface area contributed by atoms with Gasteiger partial charge >= 0.3 is 0 Å². The van der Waals surface area contributed by atoms with Crippen molar-refractivity contribution in [2.24, 2.45) is 0 Å². The number of hydrogen-bond donors (Lipinski definition) is 3. The minimum absolute atomic E-state index is 0.0470. The zero-order valence-electron chi connectivity index (χ0n) is 8.08. The molecule has 1 atom stereocenters. The fourth-order valence-electron chi connectivity index (χ4n) is 1.30. The van der Waals surface area contributed by atoms with Crippen LogP contribution in [0.2, 0.25) is 0 Å². The number of aliphatic hydroxyl groups excluding tert-OH is 2. The summed E-state index contributed by atoms with van der Waals surface area (Å²) in [6.45, 7) is 0.0634. The Kier molecular flexibility index (Phi) is 5.17. The zero-order chi connectivity index (χ0) is 11.3. The highest BCUT2D eigenvalue weighted by Gasteiger charge is 2.13. The highest BCUT2D eigenvalue weighted by Crippen LogP contribution is 2.20. The van der Waals surface area contributed by atoms with Crippen molar-refractivity contribution in [2.45, 2.75) is 6.04 Å². The summed E-state index contributed by atoms with van der Waals surface area (Å²) in [5.74, 6) is -0.381. The smallest absolute Gasteiger partial charge is 0.129 e. The van der Waals surface area contributed by atoms with Crippen LogP contribution in [0.5, 0.6) is 0 Å². The molecule has 0 radical (unpaired) electrons. The van der Waals surface area contributed by atoms with Gasteiger partial charge in [0.25, 0.3) is 0 Å². The third-order valence-corrected chi connectivity index (χ3v) is 2.52. The first-order valence-electron chi connectivity index (χ1n) is 4.59. The summed E-state index contributed by atoms with van der Waals surface area (Å²) in [5.41, 5.74) is 0.397. The first-order valence-corrected chi connectivity index (χ1v) is 5.38. The summed E-state index contributed by atoms with van der Waals surface area (Å²) in [6, 6.07) is 4.18. The van der Waals surface area contributed by atoms with Gasteiger partial charge in [0.15, 0.2) is 0 Å². The normalized spacial score (nSPS) is 12.8. The van der Waals surface area contributed by atoms with Crippen LogP contribution in [0.4, 0.5) is 4.39 Å². The van der Waals surface area contributed by atoms with Crippen LogP contribution in [0, 0.1) is 5.82 Å². The van der Waals surface area contributed by atoms with Crippen LogP contribution >= 0.6 is 15.9 Å². The Hall–Kier alpha value is -0.490. The van der Waals surface area contributed by atoms with Crippen molar-refractivity contribution in [3.8, 4) is 0 Å². The fraction of sp³-hybridized carbons (Fsp3) is 0.400. The molecule has 0 spiro atoms. The van der Waals surface area contributed by atoms with Crippen molar-refractivity contribution < 1.29 is 14.6 Å². The molecule has 5 heteroatoms. The maximum absolute atomic E-state index is 13.5. The van der Waals surface area contributed by atoms with Crippen LogP contribution in [0.3, 0.4) is 0 Å². The molecule has 0 aliphatic rings. The van der Waals surface area contributed by atoms with Gasteiger partial charge in [-0.15, -0.1) is 0 Å². The van der Waals surface area contributed by atoms with E-state index in [1.165, 1.54) is 6.07 Å². The second kappa shape index (κ2) is 6.17. The number of aliphatic hydroxyl groups is 2. The summed E-state index contributed by atoms with van der Waals surface area (Å²) in [5, 5.41) is 20.5. The van der Waals surface area contributed by atoms with Crippen molar-refractivity contribution in [1.82, 2.24) is 5.32 Å². The lowest BCUT2D eigenvalue weighted by molar-refractivity contribution is 0.225. The molecule has 0 aliphatic carbocycles. The first kappa shape index (κ1) is 12.6. The minimum atomic E-state index is -0.481. The Bertz CT molecular complexity index is 322. The molecular formula is C10H13BrFNO2. The predicted molar refractivity (Wildman–Crippen MR) is 59.0 cm³/mol. The number of hydrogen-bond acceptors (Lipinski definition) is 3. The highest BCUT2D eigenvalue weighted by atomic mass is 79.9. The third kappa shape index (κ3) is 3.53. The van der Waals surface area contributed by atoms with E-state index in [1.54, 1.807) is 12.1 Å². The number of benzene rings is 1. The molecule has 0 saturated carbocycles. The SMILES string of the molecule is OCCN[C@H](CO)c1ccc(Br)cc1F. The predicted octanol–water partition coefficient (Wildman–Crippen LogP) is 1.20. The van der Waals surface area contributed by atoms with Crippen LogP contribution in [-0.2, 0) is 0 Å². The van der Waals surface area contributed by atoms with Crippen molar-refractivity contribution >= 4 is 15.9 Å². The van der Waals surface area contributed by atoms with Crippen LogP contribution < -0.4 is 5.32 Å². The van der Waals surface area contributed by atoms with E-state index in [-0.39, 0.29) is 19.0 Å². The van der Waals surface area contributed by atoms with Crippen molar-refractivity contribution in [3.63, 3.8) is 0 Å². The minimum Gasteiger partial charge on any atom is -0.395 e. The molecule has 0 unspecified atom stereocenters. The molecule has 3 N–H and O–H groups in total. The van der Waals surface area contributed by atoms with Gasteiger partial charge in [-0.1, -0.05) is 22.0 Å². The quantitative estimate of drug-likeness (QED) is 0.758. The van der Waals surface area contributed by atoms with Gasteiger partial charge in [0, 0.05) is 16.6 Å². The van der Waals surface area contributed by atoms with E-state index in [0.29, 0.717) is 16.6 Å². The second-order valence-corrected chi connectivity index (χ2v) is 3.99. The average molecular weight is 278 g/mol. The second-order valence-electron chi connectivity index (χ2n) is 3.08. The van der Waals surface area contributed by atoms with Gasteiger partial charge < -0.3 is 15.5 Å². The maximum atomic E-state index is 13.5. The molecule has 84 valence electrons. The van der Waals surface area contributed by atoms with Gasteiger partial charge in [-0.3, -0.25) is 0 Å². The van der Waals surface area contributed by atoms with Gasteiger partial charge in [-0.25, -0.2) is 4.39 Å². The lowest BCUT2D eigenvalue weighted by atomic mass is 10.1. The fourth-order valence-corrected chi connectivity index (χ4v) is 1.63. The molecule has 15 heavy (non-hydrogen) atoms. The van der Waals surface area contributed by atoms with Crippen LogP contribution in [0.25, 0.3) is 0 Å². The van der Waals surface area contributed by atoms with E-state index in [4.69, 9.17) is 10.2 Å². The Morgan fingerprint density at radius 1 is 1.40 bits per heavy atom. The van der Waals surface area contributed by atoms with E-state index in [9.17, 15) is 4.39 Å². The Morgan fingerprint density at radius 3 is 2.67 bits per heavy atom. The maximum Gasteiger partial charge on any atom is 0.129 e. The molecule has 0 aliphatic heterocycles. The summed E-state index contributed by atoms with van der Waals surface area (Å²) < 4.78 is 14.1. The summed E-state index contributed by atoms with van der Waals surface area (Å²) in [4.78, 5) is 0. The highest BCUT2D eigenvalue weighted by molar-refractivity contribution is 9.10. The summed E-state index contributed by atoms with van der Waals surface area (Å²) in [6.07, 6.45) is 0. The molecule has 1 aromatic carbocycles. The van der Waals surface area contributed by atoms with Crippen molar-refractivity contribution in [2.75, 3.05) is 19.8 Å². The number of nitrogens with one attached hydrogen (secondary N) is 1. The lowest BCUT2D eigenvalue weighted by Gasteiger charge is -2.16. The largest absolute Gasteiger partial charge is 0.395 e. The van der Waals surface area contributed by atoms with E-state index in [2.05, 4.69) is 21.2 Å². The summed E-state index contributed by atoms with van der Waals surface area (Å²) in [7, 11) is 0. The van der Waals surface area contributed by atoms with E-state index in [1.807, 2.05) is 0 Å². The first-order chi connectivity index (χ1) is 7.19. The molecule has 3 nitrogen and oxygen atoms in total. The van der Waals surface area contributed by atoms with Gasteiger partial charge in [0.1, 0.15) is 5.82 Å². The molecule has 1 aromatic rings. The third-order valence-electron chi connectivity index (χ3n) is 2.02. The van der Waals surface area contributed by atoms with Gasteiger partial charge in [0.2, 0.25) is 0 Å². The lowest BCUT2D eigenvalue weighted by Crippen LogP contribution is -2.27. The molecule has 0 fully saturated rings.